The Hall–Kier alpha value is -3.50. The first kappa shape index (κ1) is 26.1. The van der Waals surface area contributed by atoms with E-state index >= 15 is 0 Å². The number of halogens is 4. The average Bonchev–Trinajstić information content (AvgIpc) is 3.27. The number of nitrogens with zero attached hydrogens (tertiary/aromatic N) is 5. The third-order valence-electron chi connectivity index (χ3n) is 5.25. The molecule has 0 aromatic carbocycles. The number of fused-ring (bicyclic) bond motifs is 1. The SMILES string of the molecule is CC.COc1cc2ncc(-c3nc(NC4CCCNC4)c(C#N)cc3F)n2nc1C(O)C(F)(F)F. The van der Waals surface area contributed by atoms with Crippen LogP contribution in [-0.4, -0.2) is 57.1 Å². The van der Waals surface area contributed by atoms with Crippen molar-refractivity contribution in [1.82, 2.24) is 24.9 Å². The molecule has 0 bridgehead atoms. The Balaban J connectivity index is 0.00000167. The molecular formula is C22H25F4N7O2. The van der Waals surface area contributed by atoms with Gasteiger partial charge in [0.15, 0.2) is 17.6 Å². The van der Waals surface area contributed by atoms with Gasteiger partial charge in [0.25, 0.3) is 0 Å². The highest BCUT2D eigenvalue weighted by molar-refractivity contribution is 5.66. The number of aromatic nitrogens is 4. The number of piperidine rings is 1. The summed E-state index contributed by atoms with van der Waals surface area (Å²) in [6, 6.07) is 4.00. The van der Waals surface area contributed by atoms with Crippen LogP contribution in [-0.2, 0) is 0 Å². The molecule has 1 aliphatic rings. The lowest BCUT2D eigenvalue weighted by molar-refractivity contribution is -0.208. The Morgan fingerprint density at radius 1 is 1.34 bits per heavy atom. The van der Waals surface area contributed by atoms with E-state index in [1.165, 1.54) is 6.20 Å². The van der Waals surface area contributed by atoms with E-state index in [4.69, 9.17) is 4.74 Å². The maximum Gasteiger partial charge on any atom is 0.420 e. The van der Waals surface area contributed by atoms with Crippen molar-refractivity contribution in [1.29, 1.82) is 5.26 Å². The predicted octanol–water partition coefficient (Wildman–Crippen LogP) is 3.60. The number of methoxy groups -OCH3 is 1. The van der Waals surface area contributed by atoms with Gasteiger partial charge in [-0.3, -0.25) is 0 Å². The monoisotopic (exact) mass is 495 g/mol. The van der Waals surface area contributed by atoms with Crippen LogP contribution in [0.1, 0.15) is 44.1 Å². The second kappa shape index (κ2) is 10.8. The quantitative estimate of drug-likeness (QED) is 0.460. The zero-order valence-corrected chi connectivity index (χ0v) is 19.3. The number of aliphatic hydroxyl groups excluding tert-OH is 1. The Labute approximate surface area is 198 Å². The van der Waals surface area contributed by atoms with Gasteiger partial charge in [0.05, 0.1) is 18.9 Å². The third kappa shape index (κ3) is 5.44. The zero-order chi connectivity index (χ0) is 25.8. The van der Waals surface area contributed by atoms with Crippen LogP contribution in [0.25, 0.3) is 17.0 Å². The summed E-state index contributed by atoms with van der Waals surface area (Å²) in [6.07, 6.45) is -5.01. The highest BCUT2D eigenvalue weighted by Gasteiger charge is 2.42. The number of nitrogens with one attached hydrogen (secondary N) is 2. The van der Waals surface area contributed by atoms with Crippen molar-refractivity contribution < 1.29 is 27.4 Å². The number of hydrogen-bond donors (Lipinski definition) is 3. The molecule has 3 N–H and O–H groups in total. The summed E-state index contributed by atoms with van der Waals surface area (Å²) >= 11 is 0. The van der Waals surface area contributed by atoms with Crippen LogP contribution in [0, 0.1) is 17.1 Å². The van der Waals surface area contributed by atoms with E-state index in [-0.39, 0.29) is 40.2 Å². The van der Waals surface area contributed by atoms with Crippen LogP contribution in [0.3, 0.4) is 0 Å². The normalized spacial score (nSPS) is 16.7. The Kier molecular flexibility index (Phi) is 8.08. The lowest BCUT2D eigenvalue weighted by Crippen LogP contribution is -2.38. The van der Waals surface area contributed by atoms with Gasteiger partial charge in [-0.1, -0.05) is 13.8 Å². The largest absolute Gasteiger partial charge is 0.495 e. The van der Waals surface area contributed by atoms with Crippen LogP contribution >= 0.6 is 0 Å². The fraction of sp³-hybridized carbons (Fsp3) is 0.455. The number of aliphatic hydroxyl groups is 1. The summed E-state index contributed by atoms with van der Waals surface area (Å²) < 4.78 is 60.2. The highest BCUT2D eigenvalue weighted by Crippen LogP contribution is 2.37. The van der Waals surface area contributed by atoms with E-state index in [1.807, 2.05) is 19.9 Å². The third-order valence-corrected chi connectivity index (χ3v) is 5.25. The van der Waals surface area contributed by atoms with Gasteiger partial charge in [-0.05, 0) is 25.5 Å². The van der Waals surface area contributed by atoms with E-state index in [0.29, 0.717) is 6.54 Å². The van der Waals surface area contributed by atoms with Crippen molar-refractivity contribution in [2.75, 3.05) is 25.5 Å². The molecule has 4 rings (SSSR count). The maximum atomic E-state index is 14.9. The number of nitriles is 1. The molecule has 13 heteroatoms. The molecule has 1 aliphatic heterocycles. The molecule has 1 saturated heterocycles. The fourth-order valence-electron chi connectivity index (χ4n) is 3.61. The zero-order valence-electron chi connectivity index (χ0n) is 19.3. The minimum atomic E-state index is -5.00. The van der Waals surface area contributed by atoms with Crippen molar-refractivity contribution in [3.05, 3.63) is 35.4 Å². The minimum Gasteiger partial charge on any atom is -0.495 e. The smallest absolute Gasteiger partial charge is 0.420 e. The fourth-order valence-corrected chi connectivity index (χ4v) is 3.61. The van der Waals surface area contributed by atoms with E-state index in [0.717, 1.165) is 43.1 Å². The van der Waals surface area contributed by atoms with Crippen molar-refractivity contribution in [3.8, 4) is 23.2 Å². The van der Waals surface area contributed by atoms with Gasteiger partial charge in [0.2, 0.25) is 0 Å². The Bertz CT molecular complexity index is 1220. The number of alkyl halides is 3. The van der Waals surface area contributed by atoms with Crippen molar-refractivity contribution in [2.45, 2.75) is 45.0 Å². The second-order valence-corrected chi connectivity index (χ2v) is 7.47. The molecule has 0 saturated carbocycles. The number of ether oxygens (including phenoxy) is 1. The summed E-state index contributed by atoms with van der Waals surface area (Å²) in [5.41, 5.74) is -1.10. The van der Waals surface area contributed by atoms with Crippen molar-refractivity contribution >= 4 is 11.5 Å². The molecular weight excluding hydrogens is 470 g/mol. The summed E-state index contributed by atoms with van der Waals surface area (Å²) in [5.74, 6) is -1.07. The van der Waals surface area contributed by atoms with E-state index in [1.54, 1.807) is 0 Å². The molecule has 0 spiro atoms. The van der Waals surface area contributed by atoms with Crippen molar-refractivity contribution in [3.63, 3.8) is 0 Å². The van der Waals surface area contributed by atoms with Crippen LogP contribution in [0.2, 0.25) is 0 Å². The molecule has 0 aliphatic carbocycles. The van der Waals surface area contributed by atoms with E-state index in [9.17, 15) is 27.9 Å². The van der Waals surface area contributed by atoms with Gasteiger partial charge in [-0.15, -0.1) is 0 Å². The van der Waals surface area contributed by atoms with Gasteiger partial charge in [-0.2, -0.15) is 23.5 Å². The lowest BCUT2D eigenvalue weighted by Gasteiger charge is -2.25. The molecule has 2 unspecified atom stereocenters. The number of hydrogen-bond acceptors (Lipinski definition) is 8. The minimum absolute atomic E-state index is 0.0153. The first-order valence-electron chi connectivity index (χ1n) is 11.0. The van der Waals surface area contributed by atoms with Gasteiger partial charge in [-0.25, -0.2) is 18.9 Å². The number of anilines is 1. The highest BCUT2D eigenvalue weighted by atomic mass is 19.4. The first-order valence-corrected chi connectivity index (χ1v) is 11.0. The first-order chi connectivity index (χ1) is 16.7. The standard InChI is InChI=1S/C20H19F4N7O2.C2H6/c1-33-14-6-15-27-9-13(31(15)30-17(14)18(32)20(22,23)24)16-12(21)5-10(7-25)19(29-16)28-11-3-2-4-26-8-11;1-2/h5-6,9,11,18,26,32H,2-4,8H2,1H3,(H,28,29);1-2H3. The Morgan fingerprint density at radius 2 is 2.09 bits per heavy atom. The van der Waals surface area contributed by atoms with Crippen LogP contribution < -0.4 is 15.4 Å². The molecule has 2 atom stereocenters. The summed E-state index contributed by atoms with van der Waals surface area (Å²) in [5, 5.41) is 29.3. The van der Waals surface area contributed by atoms with Gasteiger partial charge in [0.1, 0.15) is 34.7 Å². The molecule has 3 aromatic heterocycles. The molecule has 1 fully saturated rings. The topological polar surface area (TPSA) is 120 Å². The molecule has 0 amide bonds. The summed E-state index contributed by atoms with van der Waals surface area (Å²) in [4.78, 5) is 8.29. The summed E-state index contributed by atoms with van der Waals surface area (Å²) in [7, 11) is 1.13. The number of rotatable bonds is 5. The molecule has 35 heavy (non-hydrogen) atoms. The van der Waals surface area contributed by atoms with Gasteiger partial charge >= 0.3 is 6.18 Å². The molecule has 0 radical (unpaired) electrons. The van der Waals surface area contributed by atoms with E-state index in [2.05, 4.69) is 25.7 Å². The average molecular weight is 495 g/mol. The Morgan fingerprint density at radius 3 is 2.69 bits per heavy atom. The number of imidazole rings is 1. The maximum absolute atomic E-state index is 14.9. The van der Waals surface area contributed by atoms with Gasteiger partial charge < -0.3 is 20.5 Å². The molecule has 188 valence electrons. The van der Waals surface area contributed by atoms with Crippen LogP contribution in [0.15, 0.2) is 18.3 Å². The lowest BCUT2D eigenvalue weighted by atomic mass is 10.1. The molecule has 4 heterocycles. The summed E-state index contributed by atoms with van der Waals surface area (Å²) in [6.45, 7) is 5.50. The van der Waals surface area contributed by atoms with Crippen LogP contribution in [0.5, 0.6) is 5.75 Å². The van der Waals surface area contributed by atoms with Crippen LogP contribution in [0.4, 0.5) is 23.4 Å². The predicted molar refractivity (Wildman–Crippen MR) is 119 cm³/mol. The molecule has 3 aromatic rings. The number of pyridine rings is 1. The second-order valence-electron chi connectivity index (χ2n) is 7.47. The molecule has 9 nitrogen and oxygen atoms in total. The van der Waals surface area contributed by atoms with Crippen molar-refractivity contribution in [2.24, 2.45) is 0 Å². The van der Waals surface area contributed by atoms with Gasteiger partial charge in [0, 0.05) is 18.7 Å². The van der Waals surface area contributed by atoms with E-state index < -0.39 is 23.8 Å².